The minimum absolute atomic E-state index is 0.114. The second kappa shape index (κ2) is 14.4. The fourth-order valence-corrected chi connectivity index (χ4v) is 7.12. The largest absolute Gasteiger partial charge is 0.453 e. The van der Waals surface area contributed by atoms with E-state index >= 15 is 0 Å². The number of methoxy groups -OCH3 is 2. The van der Waals surface area contributed by atoms with Gasteiger partial charge in [0.15, 0.2) is 0 Å². The van der Waals surface area contributed by atoms with Crippen LogP contribution in [-0.4, -0.2) is 93.1 Å². The first kappa shape index (κ1) is 34.7. The van der Waals surface area contributed by atoms with Gasteiger partial charge in [-0.1, -0.05) is 39.8 Å². The van der Waals surface area contributed by atoms with E-state index in [9.17, 15) is 19.2 Å². The van der Waals surface area contributed by atoms with Gasteiger partial charge in [0.2, 0.25) is 11.8 Å². The standard InChI is InChI=1S/C36H46N8O6/c1-19(2)29(41-35(47)49-5)33(45)43-15-7-9-27(43)31-37-23-13-11-21(17-25(23)39-31)22-12-14-24-26(18-22)40-32(38-24)28-10-8-16-44(28)34(46)30(20(3)4)42-36(48)50-6/h11-14,17-20,27-30H,7-10,15-16H2,1-6H3,(H,37,39)(H,38,40)(H,41,47)(H,42,48)/t27-,28-,29-,30-/m0/s1. The third-order valence-corrected chi connectivity index (χ3v) is 9.82. The van der Waals surface area contributed by atoms with Crippen molar-refractivity contribution in [2.45, 2.75) is 77.5 Å². The fourth-order valence-electron chi connectivity index (χ4n) is 7.12. The Labute approximate surface area is 290 Å². The molecule has 4 N–H and O–H groups in total. The van der Waals surface area contributed by atoms with E-state index in [0.717, 1.165) is 70.5 Å². The number of ether oxygens (including phenoxy) is 2. The van der Waals surface area contributed by atoms with Crippen molar-refractivity contribution >= 4 is 46.1 Å². The molecule has 4 heterocycles. The molecule has 6 rings (SSSR count). The van der Waals surface area contributed by atoms with Crippen LogP contribution in [-0.2, 0) is 19.1 Å². The zero-order chi connectivity index (χ0) is 35.7. The summed E-state index contributed by atoms with van der Waals surface area (Å²) in [4.78, 5) is 71.4. The van der Waals surface area contributed by atoms with Crippen LogP contribution < -0.4 is 10.6 Å². The zero-order valence-electron chi connectivity index (χ0n) is 29.4. The minimum Gasteiger partial charge on any atom is -0.453 e. The number of imidazole rings is 2. The third-order valence-electron chi connectivity index (χ3n) is 9.82. The van der Waals surface area contributed by atoms with E-state index in [4.69, 9.17) is 19.4 Å². The van der Waals surface area contributed by atoms with Gasteiger partial charge in [0.1, 0.15) is 23.7 Å². The lowest BCUT2D eigenvalue weighted by Gasteiger charge is -2.29. The summed E-state index contributed by atoms with van der Waals surface area (Å²) in [6.45, 7) is 8.75. The molecule has 0 aliphatic carbocycles. The number of hydrogen-bond donors (Lipinski definition) is 4. The number of nitrogens with zero attached hydrogens (tertiary/aromatic N) is 4. The Morgan fingerprint density at radius 2 is 1.10 bits per heavy atom. The average molecular weight is 687 g/mol. The molecule has 2 fully saturated rings. The van der Waals surface area contributed by atoms with Gasteiger partial charge in [-0.2, -0.15) is 0 Å². The molecule has 14 nitrogen and oxygen atoms in total. The number of H-pyrrole nitrogens is 2. The first-order chi connectivity index (χ1) is 24.0. The lowest BCUT2D eigenvalue weighted by Crippen LogP contribution is -2.51. The first-order valence-corrected chi connectivity index (χ1v) is 17.3. The number of alkyl carbamates (subject to hydrolysis) is 2. The molecule has 0 bridgehead atoms. The lowest BCUT2D eigenvalue weighted by atomic mass is 10.0. The molecule has 0 unspecified atom stereocenters. The second-order valence-corrected chi connectivity index (χ2v) is 13.8. The van der Waals surface area contributed by atoms with Crippen molar-refractivity contribution in [2.75, 3.05) is 27.3 Å². The van der Waals surface area contributed by atoms with Crippen LogP contribution in [0.5, 0.6) is 0 Å². The number of carbonyl (C=O) groups is 4. The molecule has 2 aliphatic heterocycles. The topological polar surface area (TPSA) is 175 Å². The first-order valence-electron chi connectivity index (χ1n) is 17.3. The van der Waals surface area contributed by atoms with Gasteiger partial charge in [0, 0.05) is 13.1 Å². The Hall–Kier alpha value is -5.14. The van der Waals surface area contributed by atoms with Gasteiger partial charge in [-0.15, -0.1) is 0 Å². The van der Waals surface area contributed by atoms with Crippen LogP contribution >= 0.6 is 0 Å². The SMILES string of the molecule is COC(=O)N[C@H](C(=O)N1CCC[C@H]1c1nc2ccc(-c3ccc4nc([C@@H]5CCCN5C(=O)[C@@H](NC(=O)OC)C(C)C)[nH]c4c3)cc2[nH]1)C(C)C. The van der Waals surface area contributed by atoms with Gasteiger partial charge in [-0.05, 0) is 72.9 Å². The second-order valence-electron chi connectivity index (χ2n) is 13.8. The van der Waals surface area contributed by atoms with Crippen LogP contribution in [0.3, 0.4) is 0 Å². The molecular formula is C36H46N8O6. The van der Waals surface area contributed by atoms with E-state index in [-0.39, 0.29) is 35.7 Å². The number of carbonyl (C=O) groups excluding carboxylic acids is 4. The highest BCUT2D eigenvalue weighted by Gasteiger charge is 2.39. The molecule has 266 valence electrons. The maximum atomic E-state index is 13.6. The lowest BCUT2D eigenvalue weighted by molar-refractivity contribution is -0.136. The summed E-state index contributed by atoms with van der Waals surface area (Å²) in [5.41, 5.74) is 5.28. The molecule has 4 aromatic rings. The Balaban J connectivity index is 1.22. The molecule has 50 heavy (non-hydrogen) atoms. The molecule has 0 radical (unpaired) electrons. The predicted octanol–water partition coefficient (Wildman–Crippen LogP) is 5.19. The number of amides is 4. The van der Waals surface area contributed by atoms with Gasteiger partial charge in [-0.25, -0.2) is 19.6 Å². The maximum Gasteiger partial charge on any atom is 0.407 e. The summed E-state index contributed by atoms with van der Waals surface area (Å²) in [6.07, 6.45) is 1.95. The van der Waals surface area contributed by atoms with Crippen molar-refractivity contribution in [2.24, 2.45) is 11.8 Å². The highest BCUT2D eigenvalue weighted by Crippen LogP contribution is 2.35. The van der Waals surface area contributed by atoms with Crippen molar-refractivity contribution in [3.63, 3.8) is 0 Å². The molecule has 14 heteroatoms. The van der Waals surface area contributed by atoms with Crippen molar-refractivity contribution in [1.82, 2.24) is 40.4 Å². The van der Waals surface area contributed by atoms with Gasteiger partial charge < -0.3 is 39.9 Å². The molecule has 2 saturated heterocycles. The van der Waals surface area contributed by atoms with Crippen LogP contribution in [0.4, 0.5) is 9.59 Å². The number of hydrogen-bond acceptors (Lipinski definition) is 8. The van der Waals surface area contributed by atoms with E-state index in [1.54, 1.807) is 9.80 Å². The zero-order valence-corrected chi connectivity index (χ0v) is 29.4. The van der Waals surface area contributed by atoms with E-state index in [0.29, 0.717) is 13.1 Å². The van der Waals surface area contributed by atoms with Crippen LogP contribution in [0.2, 0.25) is 0 Å². The summed E-state index contributed by atoms with van der Waals surface area (Å²) in [5.74, 6) is 0.907. The summed E-state index contributed by atoms with van der Waals surface area (Å²) < 4.78 is 9.52. The minimum atomic E-state index is -0.699. The van der Waals surface area contributed by atoms with Gasteiger partial charge in [-0.3, -0.25) is 9.59 Å². The summed E-state index contributed by atoms with van der Waals surface area (Å²) in [5, 5.41) is 5.39. The summed E-state index contributed by atoms with van der Waals surface area (Å²) in [7, 11) is 2.57. The number of rotatable bonds is 9. The van der Waals surface area contributed by atoms with Crippen molar-refractivity contribution in [1.29, 1.82) is 0 Å². The molecular weight excluding hydrogens is 640 g/mol. The van der Waals surface area contributed by atoms with Crippen LogP contribution in [0.1, 0.15) is 77.1 Å². The smallest absolute Gasteiger partial charge is 0.407 e. The number of nitrogens with one attached hydrogen (secondary N) is 4. The number of fused-ring (bicyclic) bond motifs is 2. The predicted molar refractivity (Wildman–Crippen MR) is 187 cm³/mol. The highest BCUT2D eigenvalue weighted by atomic mass is 16.5. The molecule has 0 spiro atoms. The normalized spacial score (nSPS) is 19.0. The van der Waals surface area contributed by atoms with Crippen molar-refractivity contribution in [3.05, 3.63) is 48.0 Å². The van der Waals surface area contributed by atoms with E-state index < -0.39 is 24.3 Å². The molecule has 2 aliphatic rings. The van der Waals surface area contributed by atoms with E-state index in [1.165, 1.54) is 14.2 Å². The van der Waals surface area contributed by atoms with Crippen LogP contribution in [0.15, 0.2) is 36.4 Å². The van der Waals surface area contributed by atoms with Crippen molar-refractivity contribution in [3.8, 4) is 11.1 Å². The number of benzene rings is 2. The van der Waals surface area contributed by atoms with Gasteiger partial charge >= 0.3 is 12.2 Å². The maximum absolute atomic E-state index is 13.6. The van der Waals surface area contributed by atoms with Gasteiger partial charge in [0.05, 0.1) is 48.4 Å². The fraction of sp³-hybridized carbons (Fsp3) is 0.500. The van der Waals surface area contributed by atoms with E-state index in [2.05, 4.69) is 32.7 Å². The number of likely N-dealkylation sites (tertiary alicyclic amines) is 2. The Morgan fingerprint density at radius 3 is 1.46 bits per heavy atom. The molecule has 0 saturated carbocycles. The summed E-state index contributed by atoms with van der Waals surface area (Å²) >= 11 is 0. The van der Waals surface area contributed by atoms with Crippen LogP contribution in [0.25, 0.3) is 33.2 Å². The Bertz CT molecular complexity index is 1760. The van der Waals surface area contributed by atoms with Crippen molar-refractivity contribution < 1.29 is 28.7 Å². The summed E-state index contributed by atoms with van der Waals surface area (Å²) in [6, 6.07) is 10.2. The molecule has 2 aromatic carbocycles. The molecule has 2 aromatic heterocycles. The highest BCUT2D eigenvalue weighted by molar-refractivity contribution is 5.89. The monoisotopic (exact) mass is 686 g/mol. The Kier molecular flexibility index (Phi) is 9.98. The third kappa shape index (κ3) is 6.83. The Morgan fingerprint density at radius 1 is 0.700 bits per heavy atom. The quantitative estimate of drug-likeness (QED) is 0.186. The molecule has 4 amide bonds. The van der Waals surface area contributed by atoms with E-state index in [1.807, 2.05) is 52.0 Å². The molecule has 4 atom stereocenters. The number of aromatic nitrogens is 4. The van der Waals surface area contributed by atoms with Crippen LogP contribution in [0, 0.1) is 11.8 Å². The number of aromatic amines is 2. The average Bonchev–Trinajstić information content (AvgIpc) is 3.92. The van der Waals surface area contributed by atoms with Gasteiger partial charge in [0.25, 0.3) is 0 Å².